The van der Waals surface area contributed by atoms with Crippen LogP contribution in [0.25, 0.3) is 0 Å². The first-order valence-electron chi connectivity index (χ1n) is 9.91. The molecule has 6 heteroatoms. The van der Waals surface area contributed by atoms with Gasteiger partial charge in [0.05, 0.1) is 16.6 Å². The van der Waals surface area contributed by atoms with Gasteiger partial charge in [-0.2, -0.15) is 0 Å². The Morgan fingerprint density at radius 3 is 2.30 bits per heavy atom. The monoisotopic (exact) mass is 387 g/mol. The van der Waals surface area contributed by atoms with Gasteiger partial charge in [0, 0.05) is 17.6 Å². The minimum atomic E-state index is -0.266. The smallest absolute Gasteiger partial charge is 0.247 e. The maximum Gasteiger partial charge on any atom is 0.247 e. The molecule has 1 aromatic carbocycles. The number of anilines is 1. The van der Waals surface area contributed by atoms with Crippen LogP contribution in [0.15, 0.2) is 24.3 Å². The van der Waals surface area contributed by atoms with Gasteiger partial charge in [-0.05, 0) is 42.9 Å². The number of amides is 2. The van der Waals surface area contributed by atoms with Crippen LogP contribution in [0, 0.1) is 5.92 Å². The van der Waals surface area contributed by atoms with Gasteiger partial charge in [-0.1, -0.05) is 39.8 Å². The van der Waals surface area contributed by atoms with Gasteiger partial charge in [-0.15, -0.1) is 11.8 Å². The number of carbonyl (C=O) groups is 3. The first kappa shape index (κ1) is 21.7. The summed E-state index contributed by atoms with van der Waals surface area (Å²) in [6.07, 6.45) is 3.09. The molecule has 0 bridgehead atoms. The molecular weight excluding hydrogens is 357 g/mol. The van der Waals surface area contributed by atoms with E-state index in [1.807, 2.05) is 31.2 Å². The molecule has 0 spiro atoms. The highest BCUT2D eigenvalue weighted by Gasteiger charge is 2.40. The molecule has 1 saturated heterocycles. The predicted octanol–water partition coefficient (Wildman–Crippen LogP) is 3.53. The Morgan fingerprint density at radius 1 is 1.19 bits per heavy atom. The molecule has 3 atom stereocenters. The normalized spacial score (nSPS) is 19.6. The van der Waals surface area contributed by atoms with Gasteiger partial charge in [0.15, 0.2) is 7.85 Å². The second-order valence-electron chi connectivity index (χ2n) is 7.57. The van der Waals surface area contributed by atoms with Crippen molar-refractivity contribution in [3.63, 3.8) is 0 Å². The van der Waals surface area contributed by atoms with E-state index in [9.17, 15) is 14.4 Å². The van der Waals surface area contributed by atoms with Crippen LogP contribution in [0.3, 0.4) is 0 Å². The van der Waals surface area contributed by atoms with Crippen molar-refractivity contribution in [3.8, 4) is 0 Å². The number of carbonyl (C=O) groups excluding carboxylic acids is 3. The predicted molar refractivity (Wildman–Crippen MR) is 115 cm³/mol. The summed E-state index contributed by atoms with van der Waals surface area (Å²) in [4.78, 5) is 38.0. The van der Waals surface area contributed by atoms with Gasteiger partial charge >= 0.3 is 0 Å². The maximum absolute atomic E-state index is 12.8. The largest absolute Gasteiger partial charge is 0.312 e. The molecule has 1 heterocycles. The molecule has 1 aromatic rings. The second-order valence-corrected chi connectivity index (χ2v) is 9.08. The van der Waals surface area contributed by atoms with Crippen molar-refractivity contribution in [2.24, 2.45) is 5.92 Å². The van der Waals surface area contributed by atoms with Crippen LogP contribution >= 0.6 is 11.8 Å². The van der Waals surface area contributed by atoms with E-state index in [2.05, 4.69) is 20.8 Å². The molecule has 1 fully saturated rings. The Bertz CT molecular complexity index is 687. The number of hydrogen-bond donors (Lipinski definition) is 0. The van der Waals surface area contributed by atoms with Gasteiger partial charge in [0.1, 0.15) is 0 Å². The van der Waals surface area contributed by atoms with Gasteiger partial charge in [-0.3, -0.25) is 9.59 Å². The summed E-state index contributed by atoms with van der Waals surface area (Å²) in [5.41, 5.74) is 1.97. The number of benzene rings is 1. The highest BCUT2D eigenvalue weighted by Crippen LogP contribution is 2.34. The molecular formula is C21H30BNO3S. The van der Waals surface area contributed by atoms with Crippen LogP contribution in [-0.2, 0) is 14.4 Å². The highest BCUT2D eigenvalue weighted by molar-refractivity contribution is 8.01. The average molecular weight is 387 g/mol. The summed E-state index contributed by atoms with van der Waals surface area (Å²) in [5, 5.41) is 0.149. The van der Waals surface area contributed by atoms with E-state index in [0.29, 0.717) is 10.9 Å². The average Bonchev–Trinajstić information content (AvgIpc) is 2.92. The van der Waals surface area contributed by atoms with Crippen molar-refractivity contribution in [2.75, 3.05) is 4.90 Å². The van der Waals surface area contributed by atoms with E-state index in [0.717, 1.165) is 24.8 Å². The third-order valence-corrected chi connectivity index (χ3v) is 7.24. The molecule has 0 aromatic heterocycles. The van der Waals surface area contributed by atoms with Gasteiger partial charge in [-0.25, -0.2) is 4.90 Å². The van der Waals surface area contributed by atoms with Crippen LogP contribution in [0.5, 0.6) is 0 Å². The zero-order chi connectivity index (χ0) is 20.1. The third-order valence-electron chi connectivity index (χ3n) is 5.49. The second kappa shape index (κ2) is 9.58. The van der Waals surface area contributed by atoms with Crippen LogP contribution in [0.4, 0.5) is 5.69 Å². The maximum atomic E-state index is 12.8. The minimum absolute atomic E-state index is 0.0317. The quantitative estimate of drug-likeness (QED) is 0.481. The summed E-state index contributed by atoms with van der Waals surface area (Å²) < 4.78 is 0. The van der Waals surface area contributed by atoms with Crippen molar-refractivity contribution >= 4 is 42.8 Å². The molecule has 2 rings (SSSR count). The molecule has 0 radical (unpaired) electrons. The van der Waals surface area contributed by atoms with E-state index >= 15 is 0 Å². The van der Waals surface area contributed by atoms with Crippen LogP contribution in [0.2, 0.25) is 0 Å². The van der Waals surface area contributed by atoms with Crippen molar-refractivity contribution in [2.45, 2.75) is 69.8 Å². The minimum Gasteiger partial charge on any atom is -0.312 e. The van der Waals surface area contributed by atoms with Crippen LogP contribution < -0.4 is 4.90 Å². The zero-order valence-electron chi connectivity index (χ0n) is 17.0. The van der Waals surface area contributed by atoms with Gasteiger partial charge in [0.25, 0.3) is 0 Å². The Balaban J connectivity index is 2.09. The van der Waals surface area contributed by atoms with Gasteiger partial charge < -0.3 is 4.79 Å². The van der Waals surface area contributed by atoms with E-state index < -0.39 is 0 Å². The number of imide groups is 1. The SMILES string of the molecule is BC(=O)C(C)CC(C)c1ccc(N2C(=O)CC(SC(CC)CC)C2=O)cc1. The van der Waals surface area contributed by atoms with E-state index in [1.54, 1.807) is 19.6 Å². The van der Waals surface area contributed by atoms with Crippen LogP contribution in [0.1, 0.15) is 64.9 Å². The molecule has 1 aliphatic heterocycles. The number of thioether (sulfide) groups is 1. The Hall–Kier alpha value is -1.56. The number of hydrogen-bond acceptors (Lipinski definition) is 4. The lowest BCUT2D eigenvalue weighted by molar-refractivity contribution is -0.121. The highest BCUT2D eigenvalue weighted by atomic mass is 32.2. The Labute approximate surface area is 167 Å². The summed E-state index contributed by atoms with van der Waals surface area (Å²) in [7, 11) is 1.63. The van der Waals surface area contributed by atoms with E-state index in [4.69, 9.17) is 0 Å². The standard InChI is InChI=1S/C21H30BNO3S/c1-5-17(6-2)27-18-12-19(24)23(21(18)26)16-9-7-15(8-10-16)13(3)11-14(4)20(22)25/h7-10,13-14,17-18H,5-6,11-12,22H2,1-4H3. The van der Waals surface area contributed by atoms with E-state index in [1.165, 1.54) is 4.90 Å². The summed E-state index contributed by atoms with van der Waals surface area (Å²) in [6, 6.07) is 7.64. The third kappa shape index (κ3) is 5.25. The molecule has 0 N–H and O–H groups in total. The van der Waals surface area contributed by atoms with E-state index in [-0.39, 0.29) is 41.0 Å². The first-order chi connectivity index (χ1) is 12.8. The van der Waals surface area contributed by atoms with Crippen molar-refractivity contribution in [1.29, 1.82) is 0 Å². The van der Waals surface area contributed by atoms with Crippen molar-refractivity contribution in [3.05, 3.63) is 29.8 Å². The van der Waals surface area contributed by atoms with Crippen LogP contribution in [-0.4, -0.2) is 35.8 Å². The molecule has 27 heavy (non-hydrogen) atoms. The molecule has 2 amide bonds. The summed E-state index contributed by atoms with van der Waals surface area (Å²) in [5.74, 6) is 0.0720. The van der Waals surface area contributed by atoms with Gasteiger partial charge in [0.2, 0.25) is 11.8 Å². The topological polar surface area (TPSA) is 54.5 Å². The molecule has 146 valence electrons. The number of rotatable bonds is 9. The fraction of sp³-hybridized carbons (Fsp3) is 0.571. The molecule has 3 unspecified atom stereocenters. The lowest BCUT2D eigenvalue weighted by Crippen LogP contribution is -2.31. The Kier molecular flexibility index (Phi) is 7.72. The Morgan fingerprint density at radius 2 is 1.78 bits per heavy atom. The fourth-order valence-electron chi connectivity index (χ4n) is 3.48. The fourth-order valence-corrected chi connectivity index (χ4v) is 4.79. The summed E-state index contributed by atoms with van der Waals surface area (Å²) in [6.45, 7) is 8.29. The molecule has 0 aliphatic carbocycles. The van der Waals surface area contributed by atoms with Crippen molar-refractivity contribution < 1.29 is 14.4 Å². The molecule has 1 aliphatic rings. The lowest BCUT2D eigenvalue weighted by atomic mass is 9.82. The molecule has 0 saturated carbocycles. The zero-order valence-corrected chi connectivity index (χ0v) is 17.8. The molecule has 4 nitrogen and oxygen atoms in total. The lowest BCUT2D eigenvalue weighted by Gasteiger charge is -2.19. The summed E-state index contributed by atoms with van der Waals surface area (Å²) >= 11 is 1.64. The first-order valence-corrected chi connectivity index (χ1v) is 10.8. The number of nitrogens with zero attached hydrogens (tertiary/aromatic N) is 1. The van der Waals surface area contributed by atoms with Crippen molar-refractivity contribution in [1.82, 2.24) is 0 Å².